The van der Waals surface area contributed by atoms with Gasteiger partial charge in [-0.3, -0.25) is 0 Å². The summed E-state index contributed by atoms with van der Waals surface area (Å²) in [7, 11) is 0. The van der Waals surface area contributed by atoms with Crippen molar-refractivity contribution in [1.82, 2.24) is 4.90 Å². The number of fused-ring (bicyclic) bond motifs is 1. The van der Waals surface area contributed by atoms with Crippen LogP contribution in [-0.2, 0) is 12.8 Å². The lowest BCUT2D eigenvalue weighted by Crippen LogP contribution is -2.40. The van der Waals surface area contributed by atoms with Crippen LogP contribution < -0.4 is 0 Å². The highest BCUT2D eigenvalue weighted by molar-refractivity contribution is 5.37. The van der Waals surface area contributed by atoms with Crippen LogP contribution in [0.5, 0.6) is 5.75 Å². The van der Waals surface area contributed by atoms with Crippen LogP contribution in [-0.4, -0.2) is 29.1 Å². The summed E-state index contributed by atoms with van der Waals surface area (Å²) in [6.45, 7) is 6.95. The van der Waals surface area contributed by atoms with Gasteiger partial charge in [-0.1, -0.05) is 19.9 Å². The molecule has 1 aromatic rings. The van der Waals surface area contributed by atoms with Crippen LogP contribution in [0.1, 0.15) is 44.2 Å². The van der Waals surface area contributed by atoms with Crippen LogP contribution in [0.4, 0.5) is 0 Å². The lowest BCUT2D eigenvalue weighted by molar-refractivity contribution is 0.180. The van der Waals surface area contributed by atoms with Crippen LogP contribution in [0.3, 0.4) is 0 Å². The summed E-state index contributed by atoms with van der Waals surface area (Å²) in [5.41, 5.74) is 2.78. The van der Waals surface area contributed by atoms with E-state index in [0.717, 1.165) is 12.8 Å². The van der Waals surface area contributed by atoms with Gasteiger partial charge in [-0.2, -0.15) is 0 Å². The standard InChI is InChI=1S/C16H25NO/c1-3-9-17(10-4-2)15-7-5-14-12-16(18)8-6-13(14)11-15/h6,8,12,15,18H,3-5,7,9-11H2,1-2H3. The zero-order valence-corrected chi connectivity index (χ0v) is 11.7. The number of aromatic hydroxyl groups is 1. The molecular weight excluding hydrogens is 222 g/mol. The number of hydrogen-bond donors (Lipinski definition) is 1. The van der Waals surface area contributed by atoms with E-state index in [1.165, 1.54) is 43.5 Å². The molecule has 18 heavy (non-hydrogen) atoms. The maximum absolute atomic E-state index is 9.52. The van der Waals surface area contributed by atoms with E-state index in [9.17, 15) is 5.11 Å². The normalized spacial score (nSPS) is 18.9. The molecule has 100 valence electrons. The zero-order valence-electron chi connectivity index (χ0n) is 11.7. The van der Waals surface area contributed by atoms with E-state index in [1.807, 2.05) is 12.1 Å². The SMILES string of the molecule is CCCN(CCC)C1CCc2cc(O)ccc2C1. The molecule has 1 aliphatic rings. The second-order valence-electron chi connectivity index (χ2n) is 5.39. The molecule has 2 heteroatoms. The van der Waals surface area contributed by atoms with Crippen molar-refractivity contribution in [3.8, 4) is 5.75 Å². The van der Waals surface area contributed by atoms with Crippen molar-refractivity contribution in [2.24, 2.45) is 0 Å². The van der Waals surface area contributed by atoms with Gasteiger partial charge >= 0.3 is 0 Å². The van der Waals surface area contributed by atoms with Crippen molar-refractivity contribution < 1.29 is 5.11 Å². The quantitative estimate of drug-likeness (QED) is 0.862. The van der Waals surface area contributed by atoms with Crippen LogP contribution in [0, 0.1) is 0 Å². The Morgan fingerprint density at radius 2 is 1.89 bits per heavy atom. The molecule has 1 N–H and O–H groups in total. The van der Waals surface area contributed by atoms with Gasteiger partial charge in [0.25, 0.3) is 0 Å². The lowest BCUT2D eigenvalue weighted by Gasteiger charge is -2.35. The first-order chi connectivity index (χ1) is 8.74. The van der Waals surface area contributed by atoms with E-state index in [0.29, 0.717) is 11.8 Å². The fourth-order valence-corrected chi connectivity index (χ4v) is 3.09. The molecule has 0 aromatic heterocycles. The summed E-state index contributed by atoms with van der Waals surface area (Å²) < 4.78 is 0. The average Bonchev–Trinajstić information content (AvgIpc) is 2.38. The summed E-state index contributed by atoms with van der Waals surface area (Å²) in [5.74, 6) is 0.408. The third-order valence-electron chi connectivity index (χ3n) is 3.93. The number of nitrogens with zero attached hydrogens (tertiary/aromatic N) is 1. The second kappa shape index (κ2) is 6.24. The molecule has 0 fully saturated rings. The average molecular weight is 247 g/mol. The minimum absolute atomic E-state index is 0.408. The highest BCUT2D eigenvalue weighted by Crippen LogP contribution is 2.27. The van der Waals surface area contributed by atoms with Gasteiger partial charge in [0, 0.05) is 6.04 Å². The van der Waals surface area contributed by atoms with Gasteiger partial charge in [0.15, 0.2) is 0 Å². The molecular formula is C16H25NO. The Morgan fingerprint density at radius 1 is 1.17 bits per heavy atom. The molecule has 0 aliphatic heterocycles. The van der Waals surface area contributed by atoms with Gasteiger partial charge in [0.1, 0.15) is 5.75 Å². The van der Waals surface area contributed by atoms with E-state index in [4.69, 9.17) is 0 Å². The lowest BCUT2D eigenvalue weighted by atomic mass is 9.87. The third-order valence-corrected chi connectivity index (χ3v) is 3.93. The van der Waals surface area contributed by atoms with Gasteiger partial charge in [-0.25, -0.2) is 0 Å². The number of rotatable bonds is 5. The molecule has 1 aliphatic carbocycles. The monoisotopic (exact) mass is 247 g/mol. The number of phenolic OH excluding ortho intramolecular Hbond substituents is 1. The molecule has 0 amide bonds. The molecule has 0 saturated heterocycles. The van der Waals surface area contributed by atoms with Gasteiger partial charge < -0.3 is 10.0 Å². The van der Waals surface area contributed by atoms with Crippen LogP contribution in [0.25, 0.3) is 0 Å². The smallest absolute Gasteiger partial charge is 0.115 e. The highest BCUT2D eigenvalue weighted by Gasteiger charge is 2.23. The van der Waals surface area contributed by atoms with E-state index in [2.05, 4.69) is 24.8 Å². The zero-order chi connectivity index (χ0) is 13.0. The van der Waals surface area contributed by atoms with Crippen molar-refractivity contribution in [2.45, 2.75) is 52.0 Å². The minimum Gasteiger partial charge on any atom is -0.508 e. The van der Waals surface area contributed by atoms with E-state index >= 15 is 0 Å². The molecule has 0 radical (unpaired) electrons. The fraction of sp³-hybridized carbons (Fsp3) is 0.625. The summed E-state index contributed by atoms with van der Waals surface area (Å²) in [6, 6.07) is 6.56. The molecule has 1 aromatic carbocycles. The van der Waals surface area contributed by atoms with Crippen molar-refractivity contribution in [2.75, 3.05) is 13.1 Å². The number of benzene rings is 1. The second-order valence-corrected chi connectivity index (χ2v) is 5.39. The highest BCUT2D eigenvalue weighted by atomic mass is 16.3. The number of hydrogen-bond acceptors (Lipinski definition) is 2. The van der Waals surface area contributed by atoms with Crippen molar-refractivity contribution in [3.63, 3.8) is 0 Å². The Bertz CT molecular complexity index is 383. The summed E-state index contributed by atoms with van der Waals surface area (Å²) in [5, 5.41) is 9.52. The number of aryl methyl sites for hydroxylation is 1. The molecule has 1 unspecified atom stereocenters. The van der Waals surface area contributed by atoms with E-state index < -0.39 is 0 Å². The van der Waals surface area contributed by atoms with E-state index in [1.54, 1.807) is 0 Å². The largest absolute Gasteiger partial charge is 0.508 e. The predicted molar refractivity (Wildman–Crippen MR) is 76.1 cm³/mol. The molecule has 0 saturated carbocycles. The molecule has 0 heterocycles. The summed E-state index contributed by atoms with van der Waals surface area (Å²) in [6.07, 6.45) is 5.96. The van der Waals surface area contributed by atoms with Gasteiger partial charge in [-0.05, 0) is 68.5 Å². The molecule has 2 rings (SSSR count). The Labute approximate surface area is 111 Å². The summed E-state index contributed by atoms with van der Waals surface area (Å²) >= 11 is 0. The molecule has 1 atom stereocenters. The fourth-order valence-electron chi connectivity index (χ4n) is 3.09. The first-order valence-corrected chi connectivity index (χ1v) is 7.29. The first-order valence-electron chi connectivity index (χ1n) is 7.29. The Hall–Kier alpha value is -1.02. The molecule has 2 nitrogen and oxygen atoms in total. The number of phenols is 1. The maximum atomic E-state index is 9.52. The van der Waals surface area contributed by atoms with Crippen LogP contribution in [0.2, 0.25) is 0 Å². The van der Waals surface area contributed by atoms with Gasteiger partial charge in [-0.15, -0.1) is 0 Å². The van der Waals surface area contributed by atoms with Gasteiger partial charge in [0.05, 0.1) is 0 Å². The molecule has 0 bridgehead atoms. The Kier molecular flexibility index (Phi) is 4.65. The first kappa shape index (κ1) is 13.4. The predicted octanol–water partition coefficient (Wildman–Crippen LogP) is 3.37. The van der Waals surface area contributed by atoms with E-state index in [-0.39, 0.29) is 0 Å². The van der Waals surface area contributed by atoms with Gasteiger partial charge in [0.2, 0.25) is 0 Å². The summed E-state index contributed by atoms with van der Waals surface area (Å²) in [4.78, 5) is 2.65. The van der Waals surface area contributed by atoms with Crippen molar-refractivity contribution in [1.29, 1.82) is 0 Å². The maximum Gasteiger partial charge on any atom is 0.115 e. The van der Waals surface area contributed by atoms with Crippen molar-refractivity contribution >= 4 is 0 Å². The minimum atomic E-state index is 0.408. The van der Waals surface area contributed by atoms with Crippen LogP contribution in [0.15, 0.2) is 18.2 Å². The molecule has 0 spiro atoms. The van der Waals surface area contributed by atoms with Crippen LogP contribution >= 0.6 is 0 Å². The Morgan fingerprint density at radius 3 is 2.56 bits per heavy atom. The third kappa shape index (κ3) is 3.05. The Balaban J connectivity index is 2.07. The van der Waals surface area contributed by atoms with Crippen molar-refractivity contribution in [3.05, 3.63) is 29.3 Å². The topological polar surface area (TPSA) is 23.5 Å².